The van der Waals surface area contributed by atoms with Crippen LogP contribution < -0.4 is 5.32 Å². The van der Waals surface area contributed by atoms with Crippen molar-refractivity contribution in [3.8, 4) is 0 Å². The predicted octanol–water partition coefficient (Wildman–Crippen LogP) is 4.27. The van der Waals surface area contributed by atoms with E-state index in [9.17, 15) is 0 Å². The first-order valence-corrected chi connectivity index (χ1v) is 7.27. The van der Waals surface area contributed by atoms with Gasteiger partial charge in [-0.2, -0.15) is 0 Å². The summed E-state index contributed by atoms with van der Waals surface area (Å²) in [6.45, 7) is 10.1. The summed E-state index contributed by atoms with van der Waals surface area (Å²) in [5, 5.41) is 3.69. The van der Waals surface area contributed by atoms with Gasteiger partial charge in [0.15, 0.2) is 0 Å². The first-order chi connectivity index (χ1) is 8.46. The maximum absolute atomic E-state index is 3.69. The average molecular weight is 245 g/mol. The van der Waals surface area contributed by atoms with Crippen LogP contribution in [0.15, 0.2) is 24.3 Å². The van der Waals surface area contributed by atoms with E-state index in [1.807, 2.05) is 0 Å². The molecule has 0 spiro atoms. The van der Waals surface area contributed by atoms with Gasteiger partial charge in [0.1, 0.15) is 0 Å². The molecular weight excluding hydrogens is 218 g/mol. The molecule has 1 atom stereocenters. The van der Waals surface area contributed by atoms with Gasteiger partial charge in [-0.05, 0) is 57.9 Å². The van der Waals surface area contributed by atoms with Gasteiger partial charge >= 0.3 is 0 Å². The van der Waals surface area contributed by atoms with Gasteiger partial charge in [0.05, 0.1) is 0 Å². The lowest BCUT2D eigenvalue weighted by Crippen LogP contribution is -2.41. The quantitative estimate of drug-likeness (QED) is 0.835. The Kier molecular flexibility index (Phi) is 4.11. The van der Waals surface area contributed by atoms with Gasteiger partial charge in [-0.25, -0.2) is 0 Å². The Morgan fingerprint density at radius 1 is 1.28 bits per heavy atom. The summed E-state index contributed by atoms with van der Waals surface area (Å²) in [5.74, 6) is 1.58. The largest absolute Gasteiger partial charge is 0.311 e. The maximum atomic E-state index is 3.69. The molecule has 0 bridgehead atoms. The molecule has 0 saturated heterocycles. The summed E-state index contributed by atoms with van der Waals surface area (Å²) >= 11 is 0. The van der Waals surface area contributed by atoms with Crippen LogP contribution in [0.2, 0.25) is 0 Å². The fourth-order valence-corrected chi connectivity index (χ4v) is 2.72. The van der Waals surface area contributed by atoms with Crippen LogP contribution in [0.3, 0.4) is 0 Å². The van der Waals surface area contributed by atoms with Crippen LogP contribution in [0, 0.1) is 12.8 Å². The number of nitrogens with one attached hydrogen (secondary N) is 1. The van der Waals surface area contributed by atoms with Gasteiger partial charge in [-0.3, -0.25) is 0 Å². The molecule has 1 aliphatic carbocycles. The zero-order chi connectivity index (χ0) is 13.2. The molecule has 2 rings (SSSR count). The van der Waals surface area contributed by atoms with Crippen LogP contribution >= 0.6 is 0 Å². The van der Waals surface area contributed by atoms with E-state index >= 15 is 0 Å². The van der Waals surface area contributed by atoms with E-state index in [1.165, 1.54) is 30.4 Å². The van der Waals surface area contributed by atoms with Gasteiger partial charge < -0.3 is 5.32 Å². The number of benzene rings is 1. The highest BCUT2D eigenvalue weighted by Crippen LogP contribution is 2.39. The van der Waals surface area contributed by atoms with E-state index < -0.39 is 0 Å². The molecule has 1 nitrogen and oxygen atoms in total. The molecule has 18 heavy (non-hydrogen) atoms. The molecule has 0 aromatic heterocycles. The Labute approximate surface area is 112 Å². The van der Waals surface area contributed by atoms with E-state index in [0.29, 0.717) is 5.92 Å². The minimum Gasteiger partial charge on any atom is -0.311 e. The van der Waals surface area contributed by atoms with Crippen molar-refractivity contribution in [2.45, 2.75) is 58.4 Å². The van der Waals surface area contributed by atoms with Crippen molar-refractivity contribution < 1.29 is 0 Å². The summed E-state index contributed by atoms with van der Waals surface area (Å²) in [5.41, 5.74) is 3.12. The Morgan fingerprint density at radius 3 is 2.50 bits per heavy atom. The predicted molar refractivity (Wildman–Crippen MR) is 79.0 cm³/mol. The Bertz CT molecular complexity index is 385. The molecule has 1 N–H and O–H groups in total. The second-order valence-corrected chi connectivity index (χ2v) is 6.84. The number of hydrogen-bond donors (Lipinski definition) is 1. The van der Waals surface area contributed by atoms with E-state index in [4.69, 9.17) is 0 Å². The highest BCUT2D eigenvalue weighted by molar-refractivity contribution is 5.27. The van der Waals surface area contributed by atoms with Crippen LogP contribution in [-0.2, 0) is 0 Å². The highest BCUT2D eigenvalue weighted by Gasteiger charge is 2.29. The van der Waals surface area contributed by atoms with E-state index in [2.05, 4.69) is 57.3 Å². The maximum Gasteiger partial charge on any atom is 0.00967 e. The minimum atomic E-state index is 0.214. The fourth-order valence-electron chi connectivity index (χ4n) is 2.72. The van der Waals surface area contributed by atoms with Crippen molar-refractivity contribution in [3.05, 3.63) is 35.4 Å². The summed E-state index contributed by atoms with van der Waals surface area (Å²) in [6.07, 6.45) is 4.23. The third-order valence-corrected chi connectivity index (χ3v) is 4.04. The Morgan fingerprint density at radius 2 is 2.00 bits per heavy atom. The molecule has 0 radical (unpaired) electrons. The van der Waals surface area contributed by atoms with Gasteiger partial charge in [0.2, 0.25) is 0 Å². The first-order valence-electron chi connectivity index (χ1n) is 7.27. The normalized spacial score (nSPS) is 18.4. The number of hydrogen-bond acceptors (Lipinski definition) is 1. The van der Waals surface area contributed by atoms with E-state index in [0.717, 1.165) is 12.5 Å². The zero-order valence-electron chi connectivity index (χ0n) is 12.3. The van der Waals surface area contributed by atoms with Gasteiger partial charge in [-0.15, -0.1) is 0 Å². The van der Waals surface area contributed by atoms with Crippen LogP contribution in [-0.4, -0.2) is 12.1 Å². The molecule has 1 aromatic carbocycles. The second kappa shape index (κ2) is 5.44. The molecule has 1 aliphatic rings. The molecule has 0 heterocycles. The number of rotatable bonds is 4. The highest BCUT2D eigenvalue weighted by atomic mass is 14.9. The third-order valence-electron chi connectivity index (χ3n) is 4.04. The minimum absolute atomic E-state index is 0.214. The lowest BCUT2D eigenvalue weighted by molar-refractivity contribution is 0.242. The summed E-state index contributed by atoms with van der Waals surface area (Å²) in [6, 6.07) is 9.07. The van der Waals surface area contributed by atoms with E-state index in [-0.39, 0.29) is 5.54 Å². The van der Waals surface area contributed by atoms with Crippen molar-refractivity contribution in [1.82, 2.24) is 5.32 Å². The molecule has 1 saturated carbocycles. The van der Waals surface area contributed by atoms with Gasteiger partial charge in [-0.1, -0.05) is 36.2 Å². The first kappa shape index (κ1) is 13.6. The van der Waals surface area contributed by atoms with E-state index in [1.54, 1.807) is 0 Å². The van der Waals surface area contributed by atoms with Crippen molar-refractivity contribution in [2.24, 2.45) is 5.92 Å². The fraction of sp³-hybridized carbons (Fsp3) is 0.647. The number of aryl methyl sites for hydroxylation is 1. The smallest absolute Gasteiger partial charge is 0.00967 e. The molecule has 100 valence electrons. The molecule has 0 aliphatic heterocycles. The Hall–Kier alpha value is -0.820. The lowest BCUT2D eigenvalue weighted by atomic mass is 9.72. The lowest BCUT2D eigenvalue weighted by Gasteiger charge is -2.36. The van der Waals surface area contributed by atoms with Crippen LogP contribution in [0.5, 0.6) is 0 Å². The molecule has 0 amide bonds. The summed E-state index contributed by atoms with van der Waals surface area (Å²) in [4.78, 5) is 0. The van der Waals surface area contributed by atoms with Gasteiger partial charge in [0.25, 0.3) is 0 Å². The van der Waals surface area contributed by atoms with Crippen molar-refractivity contribution in [2.75, 3.05) is 6.54 Å². The molecule has 1 aromatic rings. The van der Waals surface area contributed by atoms with Crippen LogP contribution in [0.4, 0.5) is 0 Å². The monoisotopic (exact) mass is 245 g/mol. The molecule has 1 unspecified atom stereocenters. The topological polar surface area (TPSA) is 12.0 Å². The summed E-state index contributed by atoms with van der Waals surface area (Å²) < 4.78 is 0. The zero-order valence-corrected chi connectivity index (χ0v) is 12.3. The SMILES string of the molecule is Cc1cccc(C(CNC(C)(C)C)C2CCC2)c1. The van der Waals surface area contributed by atoms with Gasteiger partial charge in [0, 0.05) is 12.1 Å². The third kappa shape index (κ3) is 3.58. The second-order valence-electron chi connectivity index (χ2n) is 6.84. The molecule has 1 fully saturated rings. The van der Waals surface area contributed by atoms with Crippen LogP contribution in [0.1, 0.15) is 57.1 Å². The van der Waals surface area contributed by atoms with Crippen LogP contribution in [0.25, 0.3) is 0 Å². The Balaban J connectivity index is 2.09. The van der Waals surface area contributed by atoms with Crippen molar-refractivity contribution >= 4 is 0 Å². The standard InChI is InChI=1S/C17H27N/c1-13-7-5-10-15(11-13)16(14-8-6-9-14)12-18-17(2,3)4/h5,7,10-11,14,16,18H,6,8-9,12H2,1-4H3. The average Bonchev–Trinajstić information content (AvgIpc) is 2.20. The van der Waals surface area contributed by atoms with Crippen molar-refractivity contribution in [3.63, 3.8) is 0 Å². The molecular formula is C17H27N. The van der Waals surface area contributed by atoms with Crippen molar-refractivity contribution in [1.29, 1.82) is 0 Å². The molecule has 1 heteroatoms. The summed E-state index contributed by atoms with van der Waals surface area (Å²) in [7, 11) is 0.